The monoisotopic (exact) mass is 1350 g/mol. The van der Waals surface area contributed by atoms with E-state index in [1.807, 2.05) is 0 Å². The topological polar surface area (TPSA) is 275 Å². The van der Waals surface area contributed by atoms with Gasteiger partial charge in [0.15, 0.2) is 34.6 Å². The van der Waals surface area contributed by atoms with Gasteiger partial charge in [-0.25, -0.2) is 4.98 Å². The largest absolute Gasteiger partial charge is 2.00 e. The molecule has 26 heteroatoms. The molecule has 482 valence electrons. The fraction of sp³-hybridized carbons (Fsp3) is 0.323. The van der Waals surface area contributed by atoms with Crippen molar-refractivity contribution in [1.29, 1.82) is 5.41 Å². The zero-order valence-corrected chi connectivity index (χ0v) is 52.1. The average Bonchev–Trinajstić information content (AvgIpc) is 2.39. The SMILES string of the molecule is CC(=O)/C(=C\c1ccnc(-c2cc(/C=C(/OC=O)C(C)=O)cc(-c3cc(/C=C(/OC=O)C(C)=O)ccn3)n2)c1)OC=O.CCCCCCCCOc1cccc(OCCCCCCCC)c1-c1cc(/C([NH-])=C/C(=N)C(F)(F)F)nc(-c2cc(C(F)(F)F)n[n-]2)c1.[Ru+2]. The number of nitrogens with zero attached hydrogens (tertiary/aromatic N) is 6. The second-order valence-corrected chi connectivity index (χ2v) is 20.0. The van der Waals surface area contributed by atoms with Crippen LogP contribution >= 0.6 is 0 Å². The van der Waals surface area contributed by atoms with Crippen LogP contribution in [-0.4, -0.2) is 86.9 Å². The Bertz CT molecular complexity index is 3480. The third kappa shape index (κ3) is 23.9. The van der Waals surface area contributed by atoms with Crippen LogP contribution in [-0.2, 0) is 68.6 Å². The molecule has 0 radical (unpaired) electrons. The molecule has 0 aliphatic carbocycles. The number of hydrogen-bond donors (Lipinski definition) is 1. The van der Waals surface area contributed by atoms with Crippen LogP contribution in [0.2, 0.25) is 0 Å². The van der Waals surface area contributed by atoms with Crippen molar-refractivity contribution in [2.75, 3.05) is 13.2 Å². The van der Waals surface area contributed by atoms with Crippen LogP contribution in [0.4, 0.5) is 26.3 Å². The van der Waals surface area contributed by atoms with E-state index in [1.165, 1.54) is 63.5 Å². The van der Waals surface area contributed by atoms with E-state index in [2.05, 4.69) is 44.0 Å². The molecular formula is C65H66F6N8O11Ru. The number of unbranched alkanes of at least 4 members (excludes halogenated alkanes) is 10. The number of carbonyl (C=O) groups is 6. The summed E-state index contributed by atoms with van der Waals surface area (Å²) in [6.07, 6.45) is 9.91. The van der Waals surface area contributed by atoms with Crippen LogP contribution in [0.25, 0.3) is 74.9 Å². The minimum atomic E-state index is -5.01. The number of ketones is 3. The van der Waals surface area contributed by atoms with Crippen molar-refractivity contribution < 1.29 is 98.3 Å². The molecule has 0 amide bonds. The Morgan fingerprint density at radius 3 is 1.43 bits per heavy atom. The summed E-state index contributed by atoms with van der Waals surface area (Å²) < 4.78 is 106. The molecule has 0 saturated carbocycles. The number of rotatable bonds is 34. The molecule has 5 aromatic heterocycles. The molecule has 5 heterocycles. The number of hydrogen-bond acceptors (Lipinski definition) is 17. The number of Topliss-reactive ketones (excluding diaryl/α,β-unsaturated/α-hetero) is 3. The number of alkyl halides is 6. The van der Waals surface area contributed by atoms with Crippen molar-refractivity contribution in [3.05, 3.63) is 142 Å². The molecule has 0 atom stereocenters. The first-order valence-electron chi connectivity index (χ1n) is 28.5. The van der Waals surface area contributed by atoms with Crippen molar-refractivity contribution >= 4 is 66.4 Å². The first-order valence-corrected chi connectivity index (χ1v) is 28.5. The molecular weight excluding hydrogens is 1280 g/mol. The molecule has 0 fully saturated rings. The Labute approximate surface area is 534 Å². The summed E-state index contributed by atoms with van der Waals surface area (Å²) >= 11 is 0. The molecule has 1 aromatic carbocycles. The maximum Gasteiger partial charge on any atom is 2.00 e. The minimum absolute atomic E-state index is 0. The van der Waals surface area contributed by atoms with E-state index in [0.29, 0.717) is 81.9 Å². The zero-order valence-electron chi connectivity index (χ0n) is 50.3. The number of benzene rings is 1. The molecule has 6 aromatic rings. The van der Waals surface area contributed by atoms with Crippen LogP contribution < -0.4 is 14.6 Å². The van der Waals surface area contributed by atoms with Gasteiger partial charge in [0, 0.05) is 38.9 Å². The van der Waals surface area contributed by atoms with Crippen molar-refractivity contribution in [2.45, 2.75) is 124 Å². The molecule has 91 heavy (non-hydrogen) atoms. The molecule has 0 aliphatic rings. The van der Waals surface area contributed by atoms with Gasteiger partial charge in [-0.05, 0) is 126 Å². The molecule has 0 saturated heterocycles. The van der Waals surface area contributed by atoms with E-state index in [1.54, 1.807) is 54.6 Å². The summed E-state index contributed by atoms with van der Waals surface area (Å²) in [4.78, 5) is 85.7. The van der Waals surface area contributed by atoms with E-state index in [-0.39, 0.29) is 78.8 Å². The van der Waals surface area contributed by atoms with Crippen LogP contribution in [0.5, 0.6) is 11.5 Å². The van der Waals surface area contributed by atoms with Crippen LogP contribution in [0.3, 0.4) is 0 Å². The van der Waals surface area contributed by atoms with Crippen molar-refractivity contribution in [3.63, 3.8) is 0 Å². The first-order chi connectivity index (χ1) is 43.0. The Hall–Kier alpha value is -9.32. The normalized spacial score (nSPS) is 11.9. The van der Waals surface area contributed by atoms with Gasteiger partial charge in [-0.3, -0.25) is 49.1 Å². The summed E-state index contributed by atoms with van der Waals surface area (Å²) in [6.45, 7) is 9.18. The summed E-state index contributed by atoms with van der Waals surface area (Å²) in [5.41, 5.74) is 7.09. The summed E-state index contributed by atoms with van der Waals surface area (Å²) in [7, 11) is 0. The zero-order chi connectivity index (χ0) is 65.8. The maximum absolute atomic E-state index is 13.4. The average molecular weight is 1350 g/mol. The van der Waals surface area contributed by atoms with Gasteiger partial charge >= 0.3 is 31.8 Å². The quantitative estimate of drug-likeness (QED) is 0.00574. The molecule has 0 unspecified atom stereocenters. The number of pyridine rings is 4. The molecule has 6 rings (SSSR count). The fourth-order valence-corrected chi connectivity index (χ4v) is 8.48. The number of aromatic nitrogens is 6. The van der Waals surface area contributed by atoms with E-state index >= 15 is 0 Å². The second-order valence-electron chi connectivity index (χ2n) is 20.0. The van der Waals surface area contributed by atoms with Crippen molar-refractivity contribution in [3.8, 4) is 56.8 Å². The van der Waals surface area contributed by atoms with Crippen molar-refractivity contribution in [1.82, 2.24) is 30.1 Å². The first kappa shape index (κ1) is 74.1. The van der Waals surface area contributed by atoms with Gasteiger partial charge in [-0.15, -0.1) is 5.70 Å². The molecule has 0 spiro atoms. The van der Waals surface area contributed by atoms with E-state index in [0.717, 1.165) is 77.0 Å². The van der Waals surface area contributed by atoms with Crippen LogP contribution in [0.1, 0.15) is 140 Å². The minimum Gasteiger partial charge on any atom is -0.697 e. The Balaban J connectivity index is 0.000000387. The number of carbonyl (C=O) groups excluding carboxylic acids is 6. The predicted molar refractivity (Wildman–Crippen MR) is 323 cm³/mol. The molecule has 0 aliphatic heterocycles. The number of halogens is 6. The predicted octanol–water partition coefficient (Wildman–Crippen LogP) is 14.8. The van der Waals surface area contributed by atoms with E-state index in [9.17, 15) is 55.1 Å². The van der Waals surface area contributed by atoms with E-state index in [4.69, 9.17) is 34.8 Å². The molecule has 19 nitrogen and oxygen atoms in total. The Morgan fingerprint density at radius 2 is 1.01 bits per heavy atom. The van der Waals surface area contributed by atoms with Gasteiger partial charge in [0.25, 0.3) is 19.4 Å². The van der Waals surface area contributed by atoms with Crippen LogP contribution in [0, 0.1) is 5.41 Å². The summed E-state index contributed by atoms with van der Waals surface area (Å²) in [5, 5.41) is 14.2. The van der Waals surface area contributed by atoms with Gasteiger partial charge in [-0.2, -0.15) is 26.3 Å². The maximum atomic E-state index is 13.4. The van der Waals surface area contributed by atoms with Gasteiger partial charge in [0.2, 0.25) is 0 Å². The van der Waals surface area contributed by atoms with Gasteiger partial charge in [-0.1, -0.05) is 89.8 Å². The van der Waals surface area contributed by atoms with Crippen LogP contribution in [0.15, 0.2) is 109 Å². The molecule has 2 N–H and O–H groups in total. The Morgan fingerprint density at radius 1 is 0.571 bits per heavy atom. The third-order valence-corrected chi connectivity index (χ3v) is 13.0. The summed E-state index contributed by atoms with van der Waals surface area (Å²) in [5.74, 6) is -1.22. The molecule has 0 bridgehead atoms. The second kappa shape index (κ2) is 37.0. The standard InChI is InChI=1S/C35H43F6N5O2.C30H23N3O9.Ru/c1-3-5-7-9-11-13-18-47-29-16-15-17-30(48-19-14-12-10-8-6-4-2)33(29)24-20-26(25(42)22-31(43)34(36,37)38)44-27(21-24)28-23-32(46-45-28)35(39,40)41;1-18(37)28(40-15-34)12-21-4-6-31-24(8-21)26-10-23(14-30(20(3)39)42-17-36)11-27(33-26)25-9-22(5-7-32-25)13-29(19(2)38)41-16-35;/h15-17,20-23,42-43H,3-14,18-19H2,1-2H3;4-17H,1-3H3;/q-2;;+2/b25-22-,43-31?;28-12+,29-13+,30-14+;. The van der Waals surface area contributed by atoms with Gasteiger partial charge < -0.3 is 39.6 Å². The van der Waals surface area contributed by atoms with Gasteiger partial charge in [0.1, 0.15) is 22.9 Å². The van der Waals surface area contributed by atoms with Gasteiger partial charge in [0.05, 0.1) is 47.2 Å². The number of ether oxygens (including phenoxy) is 5. The smallest absolute Gasteiger partial charge is 0.697 e. The number of nitrogens with one attached hydrogen (secondary N) is 2. The fourth-order valence-electron chi connectivity index (χ4n) is 8.48. The van der Waals surface area contributed by atoms with E-state index < -0.39 is 46.8 Å². The van der Waals surface area contributed by atoms with Crippen molar-refractivity contribution in [2.24, 2.45) is 0 Å². The number of allylic oxidation sites excluding steroid dienone is 4. The third-order valence-electron chi connectivity index (χ3n) is 13.0. The summed E-state index contributed by atoms with van der Waals surface area (Å²) in [6, 6.07) is 18.1. The Kier molecular flexibility index (Phi) is 30.1.